The summed E-state index contributed by atoms with van der Waals surface area (Å²) in [4.78, 5) is 25.6. The van der Waals surface area contributed by atoms with Crippen molar-refractivity contribution >= 4 is 11.9 Å². The van der Waals surface area contributed by atoms with Crippen molar-refractivity contribution in [3.8, 4) is 0 Å². The van der Waals surface area contributed by atoms with Crippen LogP contribution in [0.4, 0.5) is 4.79 Å². The second-order valence-electron chi connectivity index (χ2n) is 7.11. The lowest BCUT2D eigenvalue weighted by atomic mass is 9.94. The summed E-state index contributed by atoms with van der Waals surface area (Å²) < 4.78 is 0. The number of rotatable bonds is 5. The van der Waals surface area contributed by atoms with Gasteiger partial charge in [-0.05, 0) is 36.8 Å². The van der Waals surface area contributed by atoms with Crippen molar-refractivity contribution in [1.29, 1.82) is 0 Å². The van der Waals surface area contributed by atoms with Crippen LogP contribution in [-0.2, 0) is 4.79 Å². The third-order valence-electron chi connectivity index (χ3n) is 4.55. The van der Waals surface area contributed by atoms with Gasteiger partial charge in [0.25, 0.3) is 0 Å². The van der Waals surface area contributed by atoms with Crippen LogP contribution in [0.5, 0.6) is 0 Å². The predicted molar refractivity (Wildman–Crippen MR) is 95.7 cm³/mol. The molecule has 5 nitrogen and oxygen atoms in total. The first kappa shape index (κ1) is 18.3. The molecule has 2 rings (SSSR count). The van der Waals surface area contributed by atoms with Crippen molar-refractivity contribution in [2.75, 3.05) is 13.1 Å². The van der Waals surface area contributed by atoms with E-state index in [0.29, 0.717) is 19.0 Å². The molecule has 0 aliphatic carbocycles. The van der Waals surface area contributed by atoms with E-state index in [1.807, 2.05) is 12.1 Å². The lowest BCUT2D eigenvalue weighted by Gasteiger charge is -2.24. The van der Waals surface area contributed by atoms with E-state index in [0.717, 1.165) is 18.4 Å². The molecule has 0 saturated carbocycles. The van der Waals surface area contributed by atoms with Gasteiger partial charge in [0, 0.05) is 26.1 Å². The molecule has 1 aliphatic rings. The summed E-state index contributed by atoms with van der Waals surface area (Å²) in [5.41, 5.74) is 2.35. The number of carbonyl (C=O) groups excluding carboxylic acids is 2. The van der Waals surface area contributed by atoms with Crippen LogP contribution in [-0.4, -0.2) is 36.0 Å². The lowest BCUT2D eigenvalue weighted by Crippen LogP contribution is -2.45. The Hall–Kier alpha value is -2.04. The second kappa shape index (κ2) is 8.18. The topological polar surface area (TPSA) is 61.4 Å². The Morgan fingerprint density at radius 2 is 2.00 bits per heavy atom. The van der Waals surface area contributed by atoms with Crippen molar-refractivity contribution in [1.82, 2.24) is 15.5 Å². The molecule has 2 unspecified atom stereocenters. The molecule has 2 N–H and O–H groups in total. The highest BCUT2D eigenvalue weighted by molar-refractivity contribution is 5.76. The number of carbonyl (C=O) groups is 2. The first-order valence-corrected chi connectivity index (χ1v) is 8.75. The Morgan fingerprint density at radius 3 is 2.58 bits per heavy atom. The Labute approximate surface area is 144 Å². The molecular formula is C19H29N3O2. The minimum Gasteiger partial charge on any atom is -0.341 e. The highest BCUT2D eigenvalue weighted by Gasteiger charge is 2.26. The SMILES string of the molecule is CC(=O)N1CCC(NC(=O)NC(CC(C)C)c2ccccc2C)C1. The van der Waals surface area contributed by atoms with E-state index < -0.39 is 0 Å². The fourth-order valence-corrected chi connectivity index (χ4v) is 3.26. The molecule has 24 heavy (non-hydrogen) atoms. The van der Waals surface area contributed by atoms with Crippen LogP contribution in [0.15, 0.2) is 24.3 Å². The maximum absolute atomic E-state index is 12.4. The zero-order valence-corrected chi connectivity index (χ0v) is 15.1. The van der Waals surface area contributed by atoms with Crippen molar-refractivity contribution in [2.24, 2.45) is 5.92 Å². The molecule has 132 valence electrons. The van der Waals surface area contributed by atoms with Crippen LogP contribution in [0.2, 0.25) is 0 Å². The van der Waals surface area contributed by atoms with Crippen molar-refractivity contribution in [2.45, 2.75) is 52.6 Å². The quantitative estimate of drug-likeness (QED) is 0.871. The zero-order valence-electron chi connectivity index (χ0n) is 15.1. The van der Waals surface area contributed by atoms with Crippen LogP contribution >= 0.6 is 0 Å². The molecule has 0 radical (unpaired) electrons. The normalized spacial score (nSPS) is 18.5. The number of amides is 3. The molecule has 5 heteroatoms. The predicted octanol–water partition coefficient (Wildman–Crippen LogP) is 3.00. The number of nitrogens with zero attached hydrogens (tertiary/aromatic N) is 1. The van der Waals surface area contributed by atoms with E-state index >= 15 is 0 Å². The van der Waals surface area contributed by atoms with Gasteiger partial charge in [-0.15, -0.1) is 0 Å². The molecule has 1 aromatic rings. The molecule has 0 aromatic heterocycles. The summed E-state index contributed by atoms with van der Waals surface area (Å²) in [5, 5.41) is 6.14. The summed E-state index contributed by atoms with van der Waals surface area (Å²) in [6.45, 7) is 9.28. The number of hydrogen-bond acceptors (Lipinski definition) is 2. The third kappa shape index (κ3) is 4.98. The van der Waals surface area contributed by atoms with Crippen molar-refractivity contribution < 1.29 is 9.59 Å². The van der Waals surface area contributed by atoms with Crippen molar-refractivity contribution in [3.05, 3.63) is 35.4 Å². The van der Waals surface area contributed by atoms with Crippen LogP contribution in [0.3, 0.4) is 0 Å². The number of aryl methyl sites for hydroxylation is 1. The number of hydrogen-bond donors (Lipinski definition) is 2. The molecule has 1 aromatic carbocycles. The highest BCUT2D eigenvalue weighted by Crippen LogP contribution is 2.24. The van der Waals surface area contributed by atoms with Gasteiger partial charge >= 0.3 is 6.03 Å². The molecule has 1 aliphatic heterocycles. The minimum absolute atomic E-state index is 0.00323. The molecule has 1 heterocycles. The average molecular weight is 331 g/mol. The van der Waals surface area contributed by atoms with Gasteiger partial charge in [-0.1, -0.05) is 38.1 Å². The van der Waals surface area contributed by atoms with Gasteiger partial charge in [0.2, 0.25) is 5.91 Å². The third-order valence-corrected chi connectivity index (χ3v) is 4.55. The van der Waals surface area contributed by atoms with E-state index in [9.17, 15) is 9.59 Å². The first-order chi connectivity index (χ1) is 11.4. The van der Waals surface area contributed by atoms with Gasteiger partial charge in [-0.2, -0.15) is 0 Å². The van der Waals surface area contributed by atoms with Gasteiger partial charge in [-0.25, -0.2) is 4.79 Å². The van der Waals surface area contributed by atoms with Gasteiger partial charge < -0.3 is 15.5 Å². The van der Waals surface area contributed by atoms with Crippen LogP contribution in [0.1, 0.15) is 50.8 Å². The van der Waals surface area contributed by atoms with Crippen LogP contribution < -0.4 is 10.6 Å². The maximum Gasteiger partial charge on any atom is 0.315 e. The summed E-state index contributed by atoms with van der Waals surface area (Å²) in [6.07, 6.45) is 1.70. The van der Waals surface area contributed by atoms with Gasteiger partial charge in [-0.3, -0.25) is 4.79 Å². The average Bonchev–Trinajstić information content (AvgIpc) is 2.95. The minimum atomic E-state index is -0.153. The number of nitrogens with one attached hydrogen (secondary N) is 2. The highest BCUT2D eigenvalue weighted by atomic mass is 16.2. The first-order valence-electron chi connectivity index (χ1n) is 8.75. The molecule has 2 atom stereocenters. The van der Waals surface area contributed by atoms with Crippen LogP contribution in [0, 0.1) is 12.8 Å². The molecule has 0 bridgehead atoms. The lowest BCUT2D eigenvalue weighted by molar-refractivity contribution is -0.127. The van der Waals surface area contributed by atoms with E-state index in [2.05, 4.69) is 43.5 Å². The van der Waals surface area contributed by atoms with Gasteiger partial charge in [0.15, 0.2) is 0 Å². The zero-order chi connectivity index (χ0) is 17.7. The van der Waals surface area contributed by atoms with Crippen LogP contribution in [0.25, 0.3) is 0 Å². The number of benzene rings is 1. The van der Waals surface area contributed by atoms with Gasteiger partial charge in [0.1, 0.15) is 0 Å². The Bertz CT molecular complexity index is 586. The standard InChI is InChI=1S/C19H29N3O2/c1-13(2)11-18(17-8-6-5-7-14(17)3)21-19(24)20-16-9-10-22(12-16)15(4)23/h5-8,13,16,18H,9-12H2,1-4H3,(H2,20,21,24). The summed E-state index contributed by atoms with van der Waals surface area (Å²) >= 11 is 0. The summed E-state index contributed by atoms with van der Waals surface area (Å²) in [5.74, 6) is 0.548. The molecular weight excluding hydrogens is 302 g/mol. The summed E-state index contributed by atoms with van der Waals surface area (Å²) in [7, 11) is 0. The maximum atomic E-state index is 12.4. The monoisotopic (exact) mass is 331 g/mol. The van der Waals surface area contributed by atoms with E-state index in [1.165, 1.54) is 5.56 Å². The molecule has 1 saturated heterocycles. The number of likely N-dealkylation sites (tertiary alicyclic amines) is 1. The summed E-state index contributed by atoms with van der Waals surface area (Å²) in [6, 6.07) is 8.05. The van der Waals surface area contributed by atoms with E-state index in [-0.39, 0.29) is 24.0 Å². The Balaban J connectivity index is 1.98. The van der Waals surface area contributed by atoms with E-state index in [4.69, 9.17) is 0 Å². The fraction of sp³-hybridized carbons (Fsp3) is 0.579. The fourth-order valence-electron chi connectivity index (χ4n) is 3.26. The molecule has 3 amide bonds. The number of urea groups is 1. The molecule has 0 spiro atoms. The largest absolute Gasteiger partial charge is 0.341 e. The Kier molecular flexibility index (Phi) is 6.23. The van der Waals surface area contributed by atoms with Gasteiger partial charge in [0.05, 0.1) is 6.04 Å². The second-order valence-corrected chi connectivity index (χ2v) is 7.11. The van der Waals surface area contributed by atoms with E-state index in [1.54, 1.807) is 11.8 Å². The molecule has 1 fully saturated rings. The smallest absolute Gasteiger partial charge is 0.315 e. The Morgan fingerprint density at radius 1 is 1.29 bits per heavy atom. The van der Waals surface area contributed by atoms with Crippen molar-refractivity contribution in [3.63, 3.8) is 0 Å².